The van der Waals surface area contributed by atoms with Gasteiger partial charge in [-0.05, 0) is 0 Å². The predicted octanol–water partition coefficient (Wildman–Crippen LogP) is 2.43. The summed E-state index contributed by atoms with van der Waals surface area (Å²) in [4.78, 5) is 8.80. The van der Waals surface area contributed by atoms with Crippen LogP contribution >= 0.6 is 11.3 Å². The Morgan fingerprint density at radius 3 is 2.61 bits per heavy atom. The molecule has 98 valence electrons. The van der Waals surface area contributed by atoms with Crippen LogP contribution in [-0.2, 0) is 11.8 Å². The maximum atomic E-state index is 6.10. The van der Waals surface area contributed by atoms with Gasteiger partial charge in [0.1, 0.15) is 6.04 Å². The highest BCUT2D eigenvalue weighted by atomic mass is 32.1. The molecule has 2 aromatic rings. The molecule has 0 spiro atoms. The predicted molar refractivity (Wildman–Crippen MR) is 70.5 cm³/mol. The van der Waals surface area contributed by atoms with E-state index in [9.17, 15) is 0 Å². The Morgan fingerprint density at radius 2 is 2.11 bits per heavy atom. The Balaban J connectivity index is 2.23. The van der Waals surface area contributed by atoms with E-state index in [1.807, 2.05) is 12.3 Å². The first-order chi connectivity index (χ1) is 8.41. The van der Waals surface area contributed by atoms with Crippen molar-refractivity contribution in [2.45, 2.75) is 45.6 Å². The van der Waals surface area contributed by atoms with Crippen molar-refractivity contribution in [2.24, 2.45) is 5.73 Å². The van der Waals surface area contributed by atoms with Crippen LogP contribution in [0.25, 0.3) is 0 Å². The van der Waals surface area contributed by atoms with Crippen molar-refractivity contribution in [3.8, 4) is 0 Å². The zero-order valence-corrected chi connectivity index (χ0v) is 11.9. The highest BCUT2D eigenvalue weighted by molar-refractivity contribution is 7.09. The van der Waals surface area contributed by atoms with E-state index in [1.54, 1.807) is 11.3 Å². The van der Waals surface area contributed by atoms with Crippen LogP contribution in [0.5, 0.6) is 0 Å². The van der Waals surface area contributed by atoms with Gasteiger partial charge in [-0.1, -0.05) is 32.9 Å². The van der Waals surface area contributed by atoms with Crippen LogP contribution in [0.15, 0.2) is 9.90 Å². The number of hydrogen-bond donors (Lipinski definition) is 1. The molecule has 6 heteroatoms. The van der Waals surface area contributed by atoms with Gasteiger partial charge in [0, 0.05) is 17.2 Å². The largest absolute Gasteiger partial charge is 0.339 e. The second-order valence-electron chi connectivity index (χ2n) is 5.21. The molecule has 0 bridgehead atoms. The summed E-state index contributed by atoms with van der Waals surface area (Å²) in [5.74, 6) is 1.10. The van der Waals surface area contributed by atoms with E-state index in [2.05, 4.69) is 35.9 Å². The Labute approximate surface area is 110 Å². The fourth-order valence-electron chi connectivity index (χ4n) is 1.44. The van der Waals surface area contributed by atoms with Crippen molar-refractivity contribution >= 4 is 11.3 Å². The number of rotatable bonds is 3. The second kappa shape index (κ2) is 4.78. The molecule has 2 N–H and O–H groups in total. The lowest BCUT2D eigenvalue weighted by molar-refractivity contribution is 0.375. The monoisotopic (exact) mass is 266 g/mol. The molecular weight excluding hydrogens is 248 g/mol. The smallest absolute Gasteiger partial charge is 0.226 e. The molecule has 0 saturated carbocycles. The van der Waals surface area contributed by atoms with E-state index in [4.69, 9.17) is 10.3 Å². The molecule has 0 amide bonds. The molecule has 1 unspecified atom stereocenters. The Kier molecular flexibility index (Phi) is 3.49. The highest BCUT2D eigenvalue weighted by Crippen LogP contribution is 2.28. The van der Waals surface area contributed by atoms with E-state index in [1.165, 1.54) is 0 Å². The normalized spacial score (nSPS) is 13.8. The van der Waals surface area contributed by atoms with Crippen LogP contribution in [0.4, 0.5) is 0 Å². The molecule has 0 aromatic carbocycles. The molecule has 2 aromatic heterocycles. The van der Waals surface area contributed by atoms with Crippen molar-refractivity contribution in [3.63, 3.8) is 0 Å². The van der Waals surface area contributed by atoms with Crippen LogP contribution in [0.2, 0.25) is 0 Å². The summed E-state index contributed by atoms with van der Waals surface area (Å²) in [6.07, 6.45) is 0.712. The first-order valence-corrected chi connectivity index (χ1v) is 6.83. The topological polar surface area (TPSA) is 77.8 Å². The molecule has 0 aliphatic carbocycles. The minimum atomic E-state index is -0.415. The summed E-state index contributed by atoms with van der Waals surface area (Å²) in [6.45, 7) is 8.35. The van der Waals surface area contributed by atoms with Gasteiger partial charge in [-0.25, -0.2) is 4.98 Å². The molecule has 5 nitrogen and oxygen atoms in total. The molecule has 18 heavy (non-hydrogen) atoms. The maximum absolute atomic E-state index is 6.10. The molecule has 2 heterocycles. The first kappa shape index (κ1) is 13.2. The number of thiazole rings is 1. The van der Waals surface area contributed by atoms with E-state index in [0.29, 0.717) is 18.1 Å². The zero-order chi connectivity index (χ0) is 13.3. The molecule has 0 fully saturated rings. The SMILES string of the molecule is CCc1nc(C(N)c2csc(C(C)(C)C)n2)no1. The van der Waals surface area contributed by atoms with Crippen molar-refractivity contribution in [1.82, 2.24) is 15.1 Å². The van der Waals surface area contributed by atoms with Crippen molar-refractivity contribution in [2.75, 3.05) is 0 Å². The molecule has 0 radical (unpaired) electrons. The van der Waals surface area contributed by atoms with Crippen LogP contribution in [0.1, 0.15) is 56.2 Å². The van der Waals surface area contributed by atoms with Gasteiger partial charge in [-0.3, -0.25) is 0 Å². The zero-order valence-electron chi connectivity index (χ0n) is 11.1. The van der Waals surface area contributed by atoms with Crippen LogP contribution < -0.4 is 5.73 Å². The van der Waals surface area contributed by atoms with Crippen LogP contribution in [-0.4, -0.2) is 15.1 Å². The van der Waals surface area contributed by atoms with Gasteiger partial charge in [-0.15, -0.1) is 11.3 Å². The third-order valence-corrected chi connectivity index (χ3v) is 3.83. The summed E-state index contributed by atoms with van der Waals surface area (Å²) in [5.41, 5.74) is 6.94. The lowest BCUT2D eigenvalue weighted by atomic mass is 9.98. The Morgan fingerprint density at radius 1 is 1.39 bits per heavy atom. The molecule has 0 aliphatic rings. The molecule has 0 aliphatic heterocycles. The lowest BCUT2D eigenvalue weighted by Gasteiger charge is -2.13. The van der Waals surface area contributed by atoms with Gasteiger partial charge in [0.15, 0.2) is 5.82 Å². The summed E-state index contributed by atoms with van der Waals surface area (Å²) in [6, 6.07) is -0.415. The summed E-state index contributed by atoms with van der Waals surface area (Å²) in [7, 11) is 0. The first-order valence-electron chi connectivity index (χ1n) is 5.95. The van der Waals surface area contributed by atoms with E-state index >= 15 is 0 Å². The van der Waals surface area contributed by atoms with Gasteiger partial charge in [0.05, 0.1) is 10.7 Å². The number of nitrogens with zero attached hydrogens (tertiary/aromatic N) is 3. The average Bonchev–Trinajstić information content (AvgIpc) is 2.96. The van der Waals surface area contributed by atoms with Gasteiger partial charge < -0.3 is 10.3 Å². The Hall–Kier alpha value is -1.27. The van der Waals surface area contributed by atoms with E-state index in [-0.39, 0.29) is 5.41 Å². The fourth-order valence-corrected chi connectivity index (χ4v) is 2.39. The number of nitrogens with two attached hydrogens (primary N) is 1. The highest BCUT2D eigenvalue weighted by Gasteiger charge is 2.23. The van der Waals surface area contributed by atoms with Crippen LogP contribution in [0.3, 0.4) is 0 Å². The van der Waals surface area contributed by atoms with E-state index in [0.717, 1.165) is 10.7 Å². The maximum Gasteiger partial charge on any atom is 0.226 e. The molecule has 2 rings (SSSR count). The van der Waals surface area contributed by atoms with Gasteiger partial charge in [0.25, 0.3) is 0 Å². The minimum absolute atomic E-state index is 0.0362. The minimum Gasteiger partial charge on any atom is -0.339 e. The Bertz CT molecular complexity index is 526. The van der Waals surface area contributed by atoms with Gasteiger partial charge in [-0.2, -0.15) is 4.98 Å². The second-order valence-corrected chi connectivity index (χ2v) is 6.06. The van der Waals surface area contributed by atoms with Crippen molar-refractivity contribution in [3.05, 3.63) is 27.8 Å². The van der Waals surface area contributed by atoms with E-state index < -0.39 is 6.04 Å². The van der Waals surface area contributed by atoms with Crippen LogP contribution in [0, 0.1) is 0 Å². The standard InChI is InChI=1S/C12H18N4OS/c1-5-8-15-10(16-17-8)9(13)7-6-18-11(14-7)12(2,3)4/h6,9H,5,13H2,1-4H3. The average molecular weight is 266 g/mol. The third kappa shape index (κ3) is 2.59. The van der Waals surface area contributed by atoms with Crippen molar-refractivity contribution < 1.29 is 4.52 Å². The number of hydrogen-bond acceptors (Lipinski definition) is 6. The van der Waals surface area contributed by atoms with Gasteiger partial charge in [0.2, 0.25) is 5.89 Å². The van der Waals surface area contributed by atoms with Crippen molar-refractivity contribution in [1.29, 1.82) is 0 Å². The summed E-state index contributed by atoms with van der Waals surface area (Å²) in [5, 5.41) is 6.92. The molecular formula is C12H18N4OS. The lowest BCUT2D eigenvalue weighted by Crippen LogP contribution is -2.16. The summed E-state index contributed by atoms with van der Waals surface area (Å²) < 4.78 is 5.07. The fraction of sp³-hybridized carbons (Fsp3) is 0.583. The number of aryl methyl sites for hydroxylation is 1. The number of aromatic nitrogens is 3. The van der Waals surface area contributed by atoms with Gasteiger partial charge >= 0.3 is 0 Å². The quantitative estimate of drug-likeness (QED) is 0.923. The molecule has 1 atom stereocenters. The molecule has 0 saturated heterocycles. The third-order valence-electron chi connectivity index (χ3n) is 2.55. The summed E-state index contributed by atoms with van der Waals surface area (Å²) >= 11 is 1.61.